The summed E-state index contributed by atoms with van der Waals surface area (Å²) in [6.45, 7) is 1.85. The fourth-order valence-electron chi connectivity index (χ4n) is 1.94. The third-order valence-electron chi connectivity index (χ3n) is 3.16. The number of hydrogen-bond acceptors (Lipinski definition) is 2. The maximum atomic E-state index is 12.5. The number of alkyl halides is 1. The van der Waals surface area contributed by atoms with Gasteiger partial charge in [0.05, 0.1) is 10.4 Å². The second-order valence-corrected chi connectivity index (χ2v) is 8.05. The van der Waals surface area contributed by atoms with Crippen LogP contribution >= 0.6 is 31.9 Å². The largest absolute Gasteiger partial charge is 0.241 e. The second-order valence-electron chi connectivity index (χ2n) is 4.89. The number of halogens is 2. The molecule has 0 fully saturated rings. The average molecular weight is 433 g/mol. The van der Waals surface area contributed by atoms with Crippen LogP contribution < -0.4 is 4.72 Å². The normalized spacial score (nSPS) is 14.6. The summed E-state index contributed by atoms with van der Waals surface area (Å²) < 4.78 is 28.7. The van der Waals surface area contributed by atoms with E-state index in [4.69, 9.17) is 0 Å². The molecule has 0 heterocycles. The molecule has 0 radical (unpaired) electrons. The van der Waals surface area contributed by atoms with Gasteiger partial charge in [0.25, 0.3) is 0 Å². The Bertz CT molecular complexity index is 702. The van der Waals surface area contributed by atoms with Crippen LogP contribution in [0.1, 0.15) is 12.5 Å². The van der Waals surface area contributed by atoms with Crippen molar-refractivity contribution in [2.75, 3.05) is 5.33 Å². The fourth-order valence-corrected chi connectivity index (χ4v) is 4.25. The van der Waals surface area contributed by atoms with Crippen molar-refractivity contribution in [3.8, 4) is 0 Å². The van der Waals surface area contributed by atoms with E-state index in [9.17, 15) is 8.42 Å². The average Bonchev–Trinajstić information content (AvgIpc) is 2.48. The predicted molar refractivity (Wildman–Crippen MR) is 92.1 cm³/mol. The van der Waals surface area contributed by atoms with Gasteiger partial charge in [-0.3, -0.25) is 0 Å². The van der Waals surface area contributed by atoms with Gasteiger partial charge < -0.3 is 0 Å². The lowest BCUT2D eigenvalue weighted by Gasteiger charge is -2.29. The van der Waals surface area contributed by atoms with Crippen molar-refractivity contribution in [3.05, 3.63) is 64.6 Å². The Morgan fingerprint density at radius 2 is 1.62 bits per heavy atom. The number of hydrogen-bond donors (Lipinski definition) is 1. The minimum absolute atomic E-state index is 0.244. The van der Waals surface area contributed by atoms with Crippen LogP contribution in [-0.4, -0.2) is 13.7 Å². The number of rotatable bonds is 5. The lowest BCUT2D eigenvalue weighted by molar-refractivity contribution is 0.482. The third kappa shape index (κ3) is 3.94. The van der Waals surface area contributed by atoms with Crippen molar-refractivity contribution in [1.29, 1.82) is 0 Å². The van der Waals surface area contributed by atoms with E-state index in [2.05, 4.69) is 36.6 Å². The highest BCUT2D eigenvalue weighted by molar-refractivity contribution is 9.10. The minimum atomic E-state index is -3.60. The van der Waals surface area contributed by atoms with E-state index >= 15 is 0 Å². The molecule has 21 heavy (non-hydrogen) atoms. The van der Waals surface area contributed by atoms with Gasteiger partial charge in [-0.25, -0.2) is 13.1 Å². The van der Waals surface area contributed by atoms with Crippen LogP contribution in [0.25, 0.3) is 0 Å². The number of sulfonamides is 1. The summed E-state index contributed by atoms with van der Waals surface area (Å²) in [5, 5.41) is 0.472. The Hall–Kier alpha value is -0.690. The first kappa shape index (κ1) is 16.7. The molecule has 0 spiro atoms. The molecule has 2 aromatic carbocycles. The molecule has 0 saturated carbocycles. The van der Waals surface area contributed by atoms with Crippen molar-refractivity contribution >= 4 is 41.9 Å². The van der Waals surface area contributed by atoms with Gasteiger partial charge in [-0.15, -0.1) is 0 Å². The van der Waals surface area contributed by atoms with Crippen LogP contribution in [0.4, 0.5) is 0 Å². The van der Waals surface area contributed by atoms with Gasteiger partial charge in [0.1, 0.15) is 0 Å². The maximum Gasteiger partial charge on any atom is 0.241 e. The lowest BCUT2D eigenvalue weighted by atomic mass is 9.96. The van der Waals surface area contributed by atoms with Crippen LogP contribution in [0, 0.1) is 0 Å². The molecule has 112 valence electrons. The van der Waals surface area contributed by atoms with Crippen molar-refractivity contribution in [1.82, 2.24) is 4.72 Å². The molecule has 0 aliphatic carbocycles. The van der Waals surface area contributed by atoms with Crippen molar-refractivity contribution in [3.63, 3.8) is 0 Å². The summed E-state index contributed by atoms with van der Waals surface area (Å²) in [6, 6.07) is 16.1. The Morgan fingerprint density at radius 1 is 1.05 bits per heavy atom. The first-order chi connectivity index (χ1) is 9.87. The van der Waals surface area contributed by atoms with Crippen LogP contribution in [-0.2, 0) is 15.6 Å². The smallest absolute Gasteiger partial charge is 0.207 e. The topological polar surface area (TPSA) is 46.2 Å². The zero-order valence-corrected chi connectivity index (χ0v) is 15.4. The molecule has 0 bridgehead atoms. The Balaban J connectivity index is 2.35. The molecule has 1 atom stereocenters. The van der Waals surface area contributed by atoms with E-state index in [0.29, 0.717) is 5.33 Å². The van der Waals surface area contributed by atoms with Crippen molar-refractivity contribution in [2.24, 2.45) is 0 Å². The molecule has 0 aliphatic rings. The van der Waals surface area contributed by atoms with Gasteiger partial charge in [-0.2, -0.15) is 0 Å². The van der Waals surface area contributed by atoms with E-state index < -0.39 is 15.6 Å². The lowest BCUT2D eigenvalue weighted by Crippen LogP contribution is -2.44. The van der Waals surface area contributed by atoms with Crippen molar-refractivity contribution < 1.29 is 8.42 Å². The standard InChI is InChI=1S/C15H15Br2NO2S/c1-15(11-16,12-5-3-2-4-6-12)18-21(19,20)14-9-7-13(17)8-10-14/h2-10,18H,11H2,1H3. The summed E-state index contributed by atoms with van der Waals surface area (Å²) >= 11 is 6.71. The van der Waals surface area contributed by atoms with Crippen LogP contribution in [0.5, 0.6) is 0 Å². The highest BCUT2D eigenvalue weighted by Gasteiger charge is 2.31. The second kappa shape index (κ2) is 6.60. The zero-order chi connectivity index (χ0) is 15.5. The van der Waals surface area contributed by atoms with Gasteiger partial charge in [-0.1, -0.05) is 62.2 Å². The molecule has 0 amide bonds. The molecule has 1 unspecified atom stereocenters. The summed E-state index contributed by atoms with van der Waals surface area (Å²) in [5.74, 6) is 0. The maximum absolute atomic E-state index is 12.5. The summed E-state index contributed by atoms with van der Waals surface area (Å²) in [5.41, 5.74) is 0.190. The van der Waals surface area contributed by atoms with Crippen molar-refractivity contribution in [2.45, 2.75) is 17.4 Å². The molecule has 0 aromatic heterocycles. The highest BCUT2D eigenvalue weighted by Crippen LogP contribution is 2.26. The van der Waals surface area contributed by atoms with E-state index in [0.717, 1.165) is 10.0 Å². The zero-order valence-electron chi connectivity index (χ0n) is 11.4. The first-order valence-electron chi connectivity index (χ1n) is 6.28. The Morgan fingerprint density at radius 3 is 2.14 bits per heavy atom. The molecular weight excluding hydrogens is 418 g/mol. The minimum Gasteiger partial charge on any atom is -0.207 e. The summed E-state index contributed by atoms with van der Waals surface area (Å²) in [6.07, 6.45) is 0. The monoisotopic (exact) mass is 431 g/mol. The quantitative estimate of drug-likeness (QED) is 0.724. The summed E-state index contributed by atoms with van der Waals surface area (Å²) in [7, 11) is -3.60. The van der Waals surface area contributed by atoms with E-state index in [1.165, 1.54) is 0 Å². The van der Waals surface area contributed by atoms with E-state index in [1.807, 2.05) is 37.3 Å². The van der Waals surface area contributed by atoms with E-state index in [-0.39, 0.29) is 4.90 Å². The Labute approximate surface area is 142 Å². The predicted octanol–water partition coefficient (Wildman–Crippen LogP) is 4.04. The fraction of sp³-hybridized carbons (Fsp3) is 0.200. The number of benzene rings is 2. The van der Waals surface area contributed by atoms with Gasteiger partial charge in [-0.05, 0) is 36.8 Å². The van der Waals surface area contributed by atoms with Gasteiger partial charge >= 0.3 is 0 Å². The molecule has 2 rings (SSSR count). The molecular formula is C15H15Br2NO2S. The molecule has 0 saturated heterocycles. The first-order valence-corrected chi connectivity index (χ1v) is 9.68. The Kier molecular flexibility index (Phi) is 5.24. The van der Waals surface area contributed by atoms with E-state index in [1.54, 1.807) is 24.3 Å². The molecule has 2 aromatic rings. The summed E-state index contributed by atoms with van der Waals surface area (Å²) in [4.78, 5) is 0.244. The van der Waals surface area contributed by atoms with Crippen LogP contribution in [0.2, 0.25) is 0 Å². The van der Waals surface area contributed by atoms with Crippen LogP contribution in [0.3, 0.4) is 0 Å². The van der Waals surface area contributed by atoms with Gasteiger partial charge in [0, 0.05) is 9.80 Å². The third-order valence-corrected chi connectivity index (χ3v) is 6.42. The highest BCUT2D eigenvalue weighted by atomic mass is 79.9. The number of nitrogens with one attached hydrogen (secondary N) is 1. The molecule has 1 N–H and O–H groups in total. The molecule has 3 nitrogen and oxygen atoms in total. The SMILES string of the molecule is CC(CBr)(NS(=O)(=O)c1ccc(Br)cc1)c1ccccc1. The van der Waals surface area contributed by atoms with Crippen LogP contribution in [0.15, 0.2) is 64.0 Å². The van der Waals surface area contributed by atoms with Gasteiger partial charge in [0.15, 0.2) is 0 Å². The van der Waals surface area contributed by atoms with Gasteiger partial charge in [0.2, 0.25) is 10.0 Å². The molecule has 0 aliphatic heterocycles. The molecule has 6 heteroatoms.